The molecule has 0 amide bonds. The van der Waals surface area contributed by atoms with Crippen LogP contribution in [0.4, 0.5) is 18.9 Å². The molecule has 0 saturated heterocycles. The van der Waals surface area contributed by atoms with E-state index in [1.54, 1.807) is 0 Å². The zero-order chi connectivity index (χ0) is 18.8. The normalized spacial score (nSPS) is 12.0. The van der Waals surface area contributed by atoms with Crippen molar-refractivity contribution < 1.29 is 26.4 Å². The van der Waals surface area contributed by atoms with E-state index in [1.807, 2.05) is 0 Å². The summed E-state index contributed by atoms with van der Waals surface area (Å²) in [6, 6.07) is 9.10. The number of halogens is 3. The fourth-order valence-electron chi connectivity index (χ4n) is 2.02. The number of alkyl halides is 3. The van der Waals surface area contributed by atoms with Crippen LogP contribution in [0.25, 0.3) is 0 Å². The summed E-state index contributed by atoms with van der Waals surface area (Å²) in [6.07, 6.45) is -3.61. The number of benzene rings is 2. The van der Waals surface area contributed by atoms with Gasteiger partial charge in [0.1, 0.15) is 0 Å². The lowest BCUT2D eigenvalue weighted by Gasteiger charge is -2.15. The van der Waals surface area contributed by atoms with Crippen LogP contribution in [-0.4, -0.2) is 20.5 Å². The third-order valence-corrected chi connectivity index (χ3v) is 4.82. The van der Waals surface area contributed by atoms with Gasteiger partial charge in [-0.15, -0.1) is 0 Å². The Balaban J connectivity index is 2.54. The predicted molar refractivity (Wildman–Crippen MR) is 90.5 cm³/mol. The first-order chi connectivity index (χ1) is 11.5. The number of carbonyl (C=O) groups excluding carboxylic acids is 1. The standard InChI is InChI=1S/C16H14F3NO3S2/c1-10(21)11-7-8-13(20-25(2,22)23)15(9-11)24-14-6-4-3-5-12(14)16(17,18)19/h3-9,20H,1-2H3. The fraction of sp³-hybridized carbons (Fsp3) is 0.188. The fourth-order valence-corrected chi connectivity index (χ4v) is 3.75. The molecule has 0 fully saturated rings. The Morgan fingerprint density at radius 2 is 1.72 bits per heavy atom. The van der Waals surface area contributed by atoms with Gasteiger partial charge in [0, 0.05) is 15.4 Å². The molecule has 0 saturated carbocycles. The van der Waals surface area contributed by atoms with Crippen LogP contribution < -0.4 is 4.72 Å². The minimum absolute atomic E-state index is 0.0905. The van der Waals surface area contributed by atoms with Crippen LogP contribution in [0.2, 0.25) is 0 Å². The molecule has 2 aromatic carbocycles. The molecule has 1 N–H and O–H groups in total. The summed E-state index contributed by atoms with van der Waals surface area (Å²) in [4.78, 5) is 11.7. The van der Waals surface area contributed by atoms with Crippen molar-refractivity contribution in [3.63, 3.8) is 0 Å². The van der Waals surface area contributed by atoms with E-state index in [0.717, 1.165) is 24.1 Å². The molecular weight excluding hydrogens is 375 g/mol. The first kappa shape index (κ1) is 19.3. The van der Waals surface area contributed by atoms with Crippen LogP contribution in [0, 0.1) is 0 Å². The van der Waals surface area contributed by atoms with Crippen LogP contribution in [0.5, 0.6) is 0 Å². The smallest absolute Gasteiger partial charge is 0.295 e. The number of ketones is 1. The number of sulfonamides is 1. The van der Waals surface area contributed by atoms with E-state index in [4.69, 9.17) is 0 Å². The number of anilines is 1. The monoisotopic (exact) mass is 389 g/mol. The molecule has 4 nitrogen and oxygen atoms in total. The highest BCUT2D eigenvalue weighted by Gasteiger charge is 2.33. The quantitative estimate of drug-likeness (QED) is 0.769. The molecule has 0 bridgehead atoms. The van der Waals surface area contributed by atoms with Gasteiger partial charge in [-0.1, -0.05) is 23.9 Å². The van der Waals surface area contributed by atoms with Gasteiger partial charge in [0.05, 0.1) is 17.5 Å². The van der Waals surface area contributed by atoms with Crippen LogP contribution in [0.3, 0.4) is 0 Å². The highest BCUT2D eigenvalue weighted by molar-refractivity contribution is 7.99. The van der Waals surface area contributed by atoms with Gasteiger partial charge in [0.2, 0.25) is 10.0 Å². The Morgan fingerprint density at radius 1 is 1.08 bits per heavy atom. The van der Waals surface area contributed by atoms with Crippen LogP contribution in [-0.2, 0) is 16.2 Å². The van der Waals surface area contributed by atoms with Crippen molar-refractivity contribution in [2.45, 2.75) is 22.9 Å². The Labute approximate surface area is 147 Å². The van der Waals surface area contributed by atoms with E-state index in [9.17, 15) is 26.4 Å². The van der Waals surface area contributed by atoms with Gasteiger partial charge in [-0.25, -0.2) is 8.42 Å². The average Bonchev–Trinajstić information content (AvgIpc) is 2.47. The molecule has 0 unspecified atom stereocenters. The summed E-state index contributed by atoms with van der Waals surface area (Å²) < 4.78 is 64.7. The lowest BCUT2D eigenvalue weighted by Crippen LogP contribution is -2.11. The molecule has 25 heavy (non-hydrogen) atoms. The van der Waals surface area contributed by atoms with E-state index in [1.165, 1.54) is 43.3 Å². The molecule has 0 aliphatic carbocycles. The van der Waals surface area contributed by atoms with Crippen molar-refractivity contribution in [2.75, 3.05) is 11.0 Å². The largest absolute Gasteiger partial charge is 0.417 e. The maximum absolute atomic E-state index is 13.2. The molecular formula is C16H14F3NO3S2. The first-order valence-electron chi connectivity index (χ1n) is 6.94. The number of hydrogen-bond acceptors (Lipinski definition) is 4. The van der Waals surface area contributed by atoms with Crippen LogP contribution >= 0.6 is 11.8 Å². The summed E-state index contributed by atoms with van der Waals surface area (Å²) in [7, 11) is -3.63. The average molecular weight is 389 g/mol. The lowest BCUT2D eigenvalue weighted by molar-refractivity contribution is -0.139. The SMILES string of the molecule is CC(=O)c1ccc(NS(C)(=O)=O)c(Sc2ccccc2C(F)(F)F)c1. The molecule has 0 atom stereocenters. The van der Waals surface area contributed by atoms with Gasteiger partial charge in [-0.05, 0) is 37.3 Å². The number of hydrogen-bond donors (Lipinski definition) is 1. The molecule has 0 spiro atoms. The highest BCUT2D eigenvalue weighted by Crippen LogP contribution is 2.41. The van der Waals surface area contributed by atoms with Crippen molar-refractivity contribution in [1.29, 1.82) is 0 Å². The van der Waals surface area contributed by atoms with E-state index >= 15 is 0 Å². The highest BCUT2D eigenvalue weighted by atomic mass is 32.2. The summed E-state index contributed by atoms with van der Waals surface area (Å²) in [6.45, 7) is 1.32. The Bertz CT molecular complexity index is 909. The van der Waals surface area contributed by atoms with Gasteiger partial charge >= 0.3 is 6.18 Å². The number of nitrogens with one attached hydrogen (secondary N) is 1. The number of carbonyl (C=O) groups is 1. The van der Waals surface area contributed by atoms with E-state index in [0.29, 0.717) is 0 Å². The van der Waals surface area contributed by atoms with Gasteiger partial charge < -0.3 is 0 Å². The summed E-state index contributed by atoms with van der Waals surface area (Å²) in [5, 5.41) is 0. The number of rotatable bonds is 5. The zero-order valence-electron chi connectivity index (χ0n) is 13.2. The van der Waals surface area contributed by atoms with Crippen LogP contribution in [0.1, 0.15) is 22.8 Å². The Kier molecular flexibility index (Phi) is 5.48. The molecule has 0 aliphatic rings. The molecule has 0 heterocycles. The minimum atomic E-state index is -4.55. The summed E-state index contributed by atoms with van der Waals surface area (Å²) in [5.74, 6) is -0.281. The zero-order valence-corrected chi connectivity index (χ0v) is 14.8. The van der Waals surface area contributed by atoms with Gasteiger partial charge in [0.25, 0.3) is 0 Å². The Hall–Kier alpha value is -2.00. The van der Waals surface area contributed by atoms with Crippen molar-refractivity contribution in [3.05, 3.63) is 53.6 Å². The molecule has 2 rings (SSSR count). The molecule has 134 valence electrons. The maximum atomic E-state index is 13.2. The Morgan fingerprint density at radius 3 is 2.28 bits per heavy atom. The second-order valence-corrected chi connectivity index (χ2v) is 8.07. The van der Waals surface area contributed by atoms with Gasteiger partial charge in [-0.2, -0.15) is 13.2 Å². The molecule has 2 aromatic rings. The maximum Gasteiger partial charge on any atom is 0.417 e. The van der Waals surface area contributed by atoms with Crippen LogP contribution in [0.15, 0.2) is 52.3 Å². The summed E-state index contributed by atoms with van der Waals surface area (Å²) >= 11 is 0.741. The predicted octanol–water partition coefficient (Wildman–Crippen LogP) is 4.43. The molecule has 9 heteroatoms. The molecule has 0 aromatic heterocycles. The first-order valence-corrected chi connectivity index (χ1v) is 9.65. The van der Waals surface area contributed by atoms with Gasteiger partial charge in [-0.3, -0.25) is 9.52 Å². The van der Waals surface area contributed by atoms with E-state index < -0.39 is 21.8 Å². The third-order valence-electron chi connectivity index (χ3n) is 3.10. The molecule has 0 aliphatic heterocycles. The summed E-state index contributed by atoms with van der Waals surface area (Å²) in [5.41, 5.74) is -0.459. The van der Waals surface area contributed by atoms with Crippen molar-refractivity contribution in [1.82, 2.24) is 0 Å². The molecule has 0 radical (unpaired) electrons. The lowest BCUT2D eigenvalue weighted by atomic mass is 10.1. The van der Waals surface area contributed by atoms with Crippen molar-refractivity contribution in [2.24, 2.45) is 0 Å². The minimum Gasteiger partial charge on any atom is -0.295 e. The second-order valence-electron chi connectivity index (χ2n) is 5.24. The van der Waals surface area contributed by atoms with E-state index in [-0.39, 0.29) is 26.8 Å². The van der Waals surface area contributed by atoms with Crippen molar-refractivity contribution in [3.8, 4) is 0 Å². The van der Waals surface area contributed by atoms with Gasteiger partial charge in [0.15, 0.2) is 5.78 Å². The topological polar surface area (TPSA) is 63.2 Å². The van der Waals surface area contributed by atoms with E-state index in [2.05, 4.69) is 4.72 Å². The van der Waals surface area contributed by atoms with Crippen molar-refractivity contribution >= 4 is 33.3 Å². The second kappa shape index (κ2) is 7.09. The third kappa shape index (κ3) is 5.23. The number of Topliss-reactive ketones (excluding diaryl/α,β-unsaturated/α-hetero) is 1.